The number of aromatic nitrogens is 4. The van der Waals surface area contributed by atoms with Crippen LogP contribution in [0, 0.1) is 19.8 Å². The fourth-order valence-electron chi connectivity index (χ4n) is 3.43. The summed E-state index contributed by atoms with van der Waals surface area (Å²) in [5.41, 5.74) is 2.93. The Bertz CT molecular complexity index is 966. The van der Waals surface area contributed by atoms with Crippen LogP contribution in [0.4, 0.5) is 0 Å². The molecule has 1 atom stereocenters. The number of hydrogen-bond donors (Lipinski definition) is 1. The molecule has 0 fully saturated rings. The largest absolute Gasteiger partial charge is 0.493 e. The van der Waals surface area contributed by atoms with Gasteiger partial charge < -0.3 is 10.1 Å². The number of amides is 1. The Balaban J connectivity index is 1.48. The minimum absolute atomic E-state index is 0.232. The van der Waals surface area contributed by atoms with Crippen molar-refractivity contribution in [3.05, 3.63) is 53.1 Å². The van der Waals surface area contributed by atoms with Crippen LogP contribution in [0.15, 0.2) is 30.3 Å². The first-order valence-electron chi connectivity index (χ1n) is 8.80. The lowest BCUT2D eigenvalue weighted by atomic mass is 9.97. The van der Waals surface area contributed by atoms with Crippen molar-refractivity contribution in [3.63, 3.8) is 0 Å². The molecule has 1 amide bonds. The highest BCUT2D eigenvalue weighted by Crippen LogP contribution is 2.26. The monoisotopic (exact) mass is 351 g/mol. The Labute approximate surface area is 151 Å². The molecule has 3 aromatic rings. The number of benzene rings is 1. The quantitative estimate of drug-likeness (QED) is 0.782. The molecule has 2 aromatic heterocycles. The van der Waals surface area contributed by atoms with Gasteiger partial charge in [-0.2, -0.15) is 0 Å². The van der Waals surface area contributed by atoms with E-state index in [1.165, 1.54) is 5.56 Å². The lowest BCUT2D eigenvalue weighted by molar-refractivity contribution is 0.0933. The second kappa shape index (κ2) is 6.74. The van der Waals surface area contributed by atoms with Gasteiger partial charge in [0.25, 0.3) is 11.7 Å². The zero-order valence-electron chi connectivity index (χ0n) is 14.9. The SMILES string of the molecule is Cc1cc(C)n2c(C(=O)NC[C@H]3CCOc4ccccc4C3)nnc2n1. The third-order valence-corrected chi connectivity index (χ3v) is 4.71. The molecule has 0 spiro atoms. The minimum atomic E-state index is -0.232. The number of fused-ring (bicyclic) bond motifs is 2. The maximum atomic E-state index is 12.6. The molecule has 3 heterocycles. The lowest BCUT2D eigenvalue weighted by Gasteiger charge is -2.14. The van der Waals surface area contributed by atoms with Gasteiger partial charge in [0, 0.05) is 17.9 Å². The van der Waals surface area contributed by atoms with Crippen LogP contribution in [0.2, 0.25) is 0 Å². The number of nitrogens with zero attached hydrogens (tertiary/aromatic N) is 4. The van der Waals surface area contributed by atoms with Crippen molar-refractivity contribution in [3.8, 4) is 5.75 Å². The molecule has 1 aliphatic rings. The highest BCUT2D eigenvalue weighted by Gasteiger charge is 2.21. The summed E-state index contributed by atoms with van der Waals surface area (Å²) < 4.78 is 7.48. The molecule has 4 rings (SSSR count). The summed E-state index contributed by atoms with van der Waals surface area (Å²) in [6.07, 6.45) is 1.78. The number of carbonyl (C=O) groups is 1. The van der Waals surface area contributed by atoms with Crippen LogP contribution < -0.4 is 10.1 Å². The third-order valence-electron chi connectivity index (χ3n) is 4.71. The van der Waals surface area contributed by atoms with E-state index in [1.807, 2.05) is 38.1 Å². The van der Waals surface area contributed by atoms with Crippen molar-refractivity contribution in [1.29, 1.82) is 0 Å². The van der Waals surface area contributed by atoms with Gasteiger partial charge in [-0.05, 0) is 50.3 Å². The highest BCUT2D eigenvalue weighted by molar-refractivity contribution is 5.91. The molecule has 0 aliphatic carbocycles. The Morgan fingerprint density at radius 2 is 2.15 bits per heavy atom. The molecule has 26 heavy (non-hydrogen) atoms. The standard InChI is InChI=1S/C19H21N5O2/c1-12-9-13(2)24-17(22-23-19(24)21-12)18(25)20-11-14-7-8-26-16-6-4-3-5-15(16)10-14/h3-6,9,14H,7-8,10-11H2,1-2H3,(H,20,25)/t14-/m0/s1. The van der Waals surface area contributed by atoms with Gasteiger partial charge in [-0.25, -0.2) is 4.98 Å². The minimum Gasteiger partial charge on any atom is -0.493 e. The number of aryl methyl sites for hydroxylation is 2. The normalized spacial score (nSPS) is 16.6. The van der Waals surface area contributed by atoms with Gasteiger partial charge in [0.05, 0.1) is 6.61 Å². The van der Waals surface area contributed by atoms with E-state index in [9.17, 15) is 4.79 Å². The number of ether oxygens (including phenoxy) is 1. The van der Waals surface area contributed by atoms with Crippen LogP contribution >= 0.6 is 0 Å². The number of rotatable bonds is 3. The molecule has 0 unspecified atom stereocenters. The van der Waals surface area contributed by atoms with Gasteiger partial charge in [0.2, 0.25) is 5.82 Å². The van der Waals surface area contributed by atoms with Crippen LogP contribution in [0.1, 0.15) is 34.0 Å². The summed E-state index contributed by atoms with van der Waals surface area (Å²) in [5, 5.41) is 11.1. The van der Waals surface area contributed by atoms with Crippen molar-refractivity contribution in [2.45, 2.75) is 26.7 Å². The molecule has 0 bridgehead atoms. The Morgan fingerprint density at radius 3 is 3.04 bits per heavy atom. The van der Waals surface area contributed by atoms with Crippen LogP contribution in [-0.4, -0.2) is 38.6 Å². The first kappa shape index (κ1) is 16.5. The number of hydrogen-bond acceptors (Lipinski definition) is 5. The molecular weight excluding hydrogens is 330 g/mol. The first-order chi connectivity index (χ1) is 12.6. The predicted molar refractivity (Wildman–Crippen MR) is 96.3 cm³/mol. The maximum absolute atomic E-state index is 12.6. The lowest BCUT2D eigenvalue weighted by Crippen LogP contribution is -2.32. The van der Waals surface area contributed by atoms with Crippen molar-refractivity contribution in [1.82, 2.24) is 24.9 Å². The summed E-state index contributed by atoms with van der Waals surface area (Å²) in [6.45, 7) is 5.05. The van der Waals surface area contributed by atoms with Crippen LogP contribution in [0.3, 0.4) is 0 Å². The van der Waals surface area contributed by atoms with Gasteiger partial charge in [0.1, 0.15) is 5.75 Å². The summed E-state index contributed by atoms with van der Waals surface area (Å²) in [6, 6.07) is 9.99. The molecule has 7 heteroatoms. The predicted octanol–water partition coefficient (Wildman–Crippen LogP) is 2.11. The third kappa shape index (κ3) is 3.12. The van der Waals surface area contributed by atoms with E-state index < -0.39 is 0 Å². The number of carbonyl (C=O) groups excluding carboxylic acids is 1. The van der Waals surface area contributed by atoms with Crippen LogP contribution in [0.25, 0.3) is 5.78 Å². The van der Waals surface area contributed by atoms with Gasteiger partial charge in [0.15, 0.2) is 0 Å². The topological polar surface area (TPSA) is 81.4 Å². The molecule has 0 radical (unpaired) electrons. The van der Waals surface area contributed by atoms with Gasteiger partial charge in [-0.3, -0.25) is 9.20 Å². The Morgan fingerprint density at radius 1 is 1.31 bits per heavy atom. The van der Waals surface area contributed by atoms with E-state index in [2.05, 4.69) is 26.6 Å². The van der Waals surface area contributed by atoms with E-state index >= 15 is 0 Å². The van der Waals surface area contributed by atoms with Gasteiger partial charge >= 0.3 is 0 Å². The number of nitrogens with one attached hydrogen (secondary N) is 1. The van der Waals surface area contributed by atoms with E-state index in [4.69, 9.17) is 4.74 Å². The van der Waals surface area contributed by atoms with Crippen molar-refractivity contribution in [2.24, 2.45) is 5.92 Å². The maximum Gasteiger partial charge on any atom is 0.289 e. The highest BCUT2D eigenvalue weighted by atomic mass is 16.5. The fraction of sp³-hybridized carbons (Fsp3) is 0.368. The van der Waals surface area contributed by atoms with Gasteiger partial charge in [-0.1, -0.05) is 18.2 Å². The first-order valence-corrected chi connectivity index (χ1v) is 8.80. The molecule has 1 N–H and O–H groups in total. The molecule has 1 aromatic carbocycles. The second-order valence-electron chi connectivity index (χ2n) is 6.72. The smallest absolute Gasteiger partial charge is 0.289 e. The Hall–Kier alpha value is -2.96. The molecule has 0 saturated heterocycles. The molecule has 1 aliphatic heterocycles. The Kier molecular flexibility index (Phi) is 4.28. The van der Waals surface area contributed by atoms with Gasteiger partial charge in [-0.15, -0.1) is 10.2 Å². The van der Waals surface area contributed by atoms with Crippen LogP contribution in [-0.2, 0) is 6.42 Å². The second-order valence-corrected chi connectivity index (χ2v) is 6.72. The number of para-hydroxylation sites is 1. The van der Waals surface area contributed by atoms with Crippen molar-refractivity contribution < 1.29 is 9.53 Å². The van der Waals surface area contributed by atoms with E-state index in [0.29, 0.717) is 24.8 Å². The molecular formula is C19H21N5O2. The average molecular weight is 351 g/mol. The zero-order chi connectivity index (χ0) is 18.1. The summed E-state index contributed by atoms with van der Waals surface area (Å²) in [4.78, 5) is 17.0. The fourth-order valence-corrected chi connectivity index (χ4v) is 3.43. The van der Waals surface area contributed by atoms with Crippen molar-refractivity contribution >= 4 is 11.7 Å². The van der Waals surface area contributed by atoms with Crippen molar-refractivity contribution in [2.75, 3.05) is 13.2 Å². The molecule has 7 nitrogen and oxygen atoms in total. The van der Waals surface area contributed by atoms with Crippen LogP contribution in [0.5, 0.6) is 5.75 Å². The molecule has 0 saturated carbocycles. The summed E-state index contributed by atoms with van der Waals surface area (Å²) in [7, 11) is 0. The summed E-state index contributed by atoms with van der Waals surface area (Å²) >= 11 is 0. The van der Waals surface area contributed by atoms with E-state index in [1.54, 1.807) is 4.40 Å². The summed E-state index contributed by atoms with van der Waals surface area (Å²) in [5.74, 6) is 1.76. The van der Waals surface area contributed by atoms with E-state index in [-0.39, 0.29) is 11.7 Å². The molecule has 134 valence electrons. The zero-order valence-corrected chi connectivity index (χ0v) is 14.9. The average Bonchev–Trinajstić information content (AvgIpc) is 2.93. The van der Waals surface area contributed by atoms with E-state index in [0.717, 1.165) is 30.0 Å².